The molecule has 0 saturated carbocycles. The van der Waals surface area contributed by atoms with Crippen LogP contribution in [0.2, 0.25) is 5.02 Å². The van der Waals surface area contributed by atoms with Crippen molar-refractivity contribution < 1.29 is 9.90 Å². The number of nitrogens with zero attached hydrogens (tertiary/aromatic N) is 2. The highest BCUT2D eigenvalue weighted by molar-refractivity contribution is 6.30. The number of rotatable bonds is 3. The molecule has 2 N–H and O–H groups in total. The molecule has 1 aliphatic heterocycles. The van der Waals surface area contributed by atoms with Crippen molar-refractivity contribution in [3.8, 4) is 11.4 Å². The third-order valence-electron chi connectivity index (χ3n) is 4.69. The van der Waals surface area contributed by atoms with Crippen molar-refractivity contribution in [1.29, 1.82) is 0 Å². The van der Waals surface area contributed by atoms with Crippen molar-refractivity contribution in [2.24, 2.45) is 5.92 Å². The molecule has 1 amide bonds. The Labute approximate surface area is 146 Å². The first kappa shape index (κ1) is 17.0. The molecule has 0 aliphatic carbocycles. The maximum atomic E-state index is 12.9. The summed E-state index contributed by atoms with van der Waals surface area (Å²) in [5, 5.41) is 9.95. The van der Waals surface area contributed by atoms with Crippen LogP contribution in [0.3, 0.4) is 0 Å². The summed E-state index contributed by atoms with van der Waals surface area (Å²) in [6.45, 7) is 4.73. The minimum absolute atomic E-state index is 0.0547. The fourth-order valence-electron chi connectivity index (χ4n) is 3.31. The number of amides is 1. The van der Waals surface area contributed by atoms with E-state index in [1.807, 2.05) is 36.9 Å². The zero-order chi connectivity index (χ0) is 17.3. The van der Waals surface area contributed by atoms with Gasteiger partial charge in [0.05, 0.1) is 0 Å². The van der Waals surface area contributed by atoms with Crippen molar-refractivity contribution in [3.63, 3.8) is 0 Å². The van der Waals surface area contributed by atoms with Gasteiger partial charge < -0.3 is 15.0 Å². The molecule has 128 valence electrons. The SMILES string of the molecule is Cc1[nH]c(-c2cccc(Cl)c2)nc1C(=O)N1CC[C@H](CO)C[C@@H]1C. The molecule has 5 nitrogen and oxygen atoms in total. The number of hydrogen-bond donors (Lipinski definition) is 2. The second-order valence-corrected chi connectivity index (χ2v) is 6.93. The molecular formula is C18H22ClN3O2. The first-order chi connectivity index (χ1) is 11.5. The number of piperidine rings is 1. The van der Waals surface area contributed by atoms with Gasteiger partial charge in [0.1, 0.15) is 11.5 Å². The molecule has 0 unspecified atom stereocenters. The lowest BCUT2D eigenvalue weighted by Crippen LogP contribution is -2.45. The number of nitrogens with one attached hydrogen (secondary N) is 1. The molecule has 6 heteroatoms. The van der Waals surface area contributed by atoms with Crippen molar-refractivity contribution in [2.45, 2.75) is 32.7 Å². The summed E-state index contributed by atoms with van der Waals surface area (Å²) in [6, 6.07) is 7.50. The van der Waals surface area contributed by atoms with E-state index in [4.69, 9.17) is 11.6 Å². The van der Waals surface area contributed by atoms with Gasteiger partial charge in [0.15, 0.2) is 0 Å². The lowest BCUT2D eigenvalue weighted by atomic mass is 9.92. The van der Waals surface area contributed by atoms with Crippen LogP contribution in [0.4, 0.5) is 0 Å². The Morgan fingerprint density at radius 1 is 1.50 bits per heavy atom. The number of aryl methyl sites for hydroxylation is 1. The van der Waals surface area contributed by atoms with Crippen molar-refractivity contribution in [1.82, 2.24) is 14.9 Å². The number of hydrogen-bond acceptors (Lipinski definition) is 3. The van der Waals surface area contributed by atoms with Gasteiger partial charge in [0.2, 0.25) is 0 Å². The molecule has 1 aromatic heterocycles. The Morgan fingerprint density at radius 3 is 2.96 bits per heavy atom. The zero-order valence-corrected chi connectivity index (χ0v) is 14.7. The van der Waals surface area contributed by atoms with Gasteiger partial charge in [-0.25, -0.2) is 4.98 Å². The maximum Gasteiger partial charge on any atom is 0.274 e. The van der Waals surface area contributed by atoms with Crippen molar-refractivity contribution in [3.05, 3.63) is 40.7 Å². The van der Waals surface area contributed by atoms with E-state index in [-0.39, 0.29) is 24.5 Å². The number of likely N-dealkylation sites (tertiary alicyclic amines) is 1. The van der Waals surface area contributed by atoms with Crippen LogP contribution in [0.25, 0.3) is 11.4 Å². The summed E-state index contributed by atoms with van der Waals surface area (Å²) in [6.07, 6.45) is 1.66. The van der Waals surface area contributed by atoms with Crippen LogP contribution in [0.5, 0.6) is 0 Å². The van der Waals surface area contributed by atoms with E-state index < -0.39 is 0 Å². The molecular weight excluding hydrogens is 326 g/mol. The van der Waals surface area contributed by atoms with Gasteiger partial charge in [-0.2, -0.15) is 0 Å². The summed E-state index contributed by atoms with van der Waals surface area (Å²) in [5.41, 5.74) is 2.07. The normalized spacial score (nSPS) is 21.1. The van der Waals surface area contributed by atoms with E-state index in [9.17, 15) is 9.90 Å². The van der Waals surface area contributed by atoms with Crippen LogP contribution in [0.15, 0.2) is 24.3 Å². The second-order valence-electron chi connectivity index (χ2n) is 6.49. The average molecular weight is 348 g/mol. The largest absolute Gasteiger partial charge is 0.396 e. The van der Waals surface area contributed by atoms with Crippen LogP contribution < -0.4 is 0 Å². The van der Waals surface area contributed by atoms with Crippen molar-refractivity contribution >= 4 is 17.5 Å². The molecule has 1 aliphatic rings. The van der Waals surface area contributed by atoms with E-state index in [0.29, 0.717) is 23.1 Å². The average Bonchev–Trinajstić information content (AvgIpc) is 2.96. The number of aromatic nitrogens is 2. The number of carbonyl (C=O) groups is 1. The minimum atomic E-state index is -0.0547. The number of halogens is 1. The van der Waals surface area contributed by atoms with E-state index in [0.717, 1.165) is 24.1 Å². The fraction of sp³-hybridized carbons (Fsp3) is 0.444. The van der Waals surface area contributed by atoms with Gasteiger partial charge in [-0.1, -0.05) is 23.7 Å². The fourth-order valence-corrected chi connectivity index (χ4v) is 3.50. The third-order valence-corrected chi connectivity index (χ3v) is 4.92. The molecule has 2 heterocycles. The van der Waals surface area contributed by atoms with Gasteiger partial charge >= 0.3 is 0 Å². The lowest BCUT2D eigenvalue weighted by molar-refractivity contribution is 0.0509. The molecule has 0 spiro atoms. The molecule has 24 heavy (non-hydrogen) atoms. The summed E-state index contributed by atoms with van der Waals surface area (Å²) in [5.74, 6) is 0.878. The van der Waals surface area contributed by atoms with Gasteiger partial charge in [0, 0.05) is 35.5 Å². The third kappa shape index (κ3) is 3.32. The van der Waals surface area contributed by atoms with E-state index >= 15 is 0 Å². The molecule has 1 aromatic carbocycles. The first-order valence-corrected chi connectivity index (χ1v) is 8.61. The summed E-state index contributed by atoms with van der Waals surface area (Å²) >= 11 is 6.03. The number of H-pyrrole nitrogens is 1. The first-order valence-electron chi connectivity index (χ1n) is 8.24. The highest BCUT2D eigenvalue weighted by Gasteiger charge is 2.31. The van der Waals surface area contributed by atoms with E-state index in [1.165, 1.54) is 0 Å². The molecule has 2 atom stereocenters. The number of imidazole rings is 1. The number of carbonyl (C=O) groups excluding carboxylic acids is 1. The standard InChI is InChI=1S/C18H22ClN3O2/c1-11-8-13(10-23)6-7-22(11)18(24)16-12(2)20-17(21-16)14-4-3-5-15(19)9-14/h3-5,9,11,13,23H,6-8,10H2,1-2H3,(H,20,21)/t11-,13-/m0/s1. The maximum absolute atomic E-state index is 12.9. The van der Waals surface area contributed by atoms with Crippen LogP contribution in [-0.2, 0) is 0 Å². The molecule has 0 radical (unpaired) electrons. The summed E-state index contributed by atoms with van der Waals surface area (Å²) in [7, 11) is 0. The Kier molecular flexibility index (Phi) is 4.92. The van der Waals surface area contributed by atoms with Gasteiger partial charge in [-0.05, 0) is 44.7 Å². The second kappa shape index (κ2) is 6.95. The van der Waals surface area contributed by atoms with E-state index in [1.54, 1.807) is 6.07 Å². The number of aliphatic hydroxyl groups excluding tert-OH is 1. The minimum Gasteiger partial charge on any atom is -0.396 e. The number of benzene rings is 1. The Hall–Kier alpha value is -1.85. The quantitative estimate of drug-likeness (QED) is 0.895. The monoisotopic (exact) mass is 347 g/mol. The molecule has 3 rings (SSSR count). The van der Waals surface area contributed by atoms with E-state index in [2.05, 4.69) is 9.97 Å². The predicted octanol–water partition coefficient (Wildman–Crippen LogP) is 3.27. The number of aromatic amines is 1. The Balaban J connectivity index is 1.84. The van der Waals surface area contributed by atoms with Crippen LogP contribution in [0.1, 0.15) is 35.9 Å². The molecule has 1 saturated heterocycles. The smallest absolute Gasteiger partial charge is 0.274 e. The van der Waals surface area contributed by atoms with Crippen LogP contribution in [0, 0.1) is 12.8 Å². The van der Waals surface area contributed by atoms with Gasteiger partial charge in [-0.3, -0.25) is 4.79 Å². The Morgan fingerprint density at radius 2 is 2.29 bits per heavy atom. The van der Waals surface area contributed by atoms with Crippen LogP contribution >= 0.6 is 11.6 Å². The van der Waals surface area contributed by atoms with Crippen molar-refractivity contribution in [2.75, 3.05) is 13.2 Å². The molecule has 0 bridgehead atoms. The molecule has 2 aromatic rings. The highest BCUT2D eigenvalue weighted by Crippen LogP contribution is 2.26. The van der Waals surface area contributed by atoms with Crippen LogP contribution in [-0.4, -0.2) is 45.1 Å². The van der Waals surface area contributed by atoms with Gasteiger partial charge in [-0.15, -0.1) is 0 Å². The highest BCUT2D eigenvalue weighted by atomic mass is 35.5. The predicted molar refractivity (Wildman–Crippen MR) is 94.1 cm³/mol. The zero-order valence-electron chi connectivity index (χ0n) is 13.9. The summed E-state index contributed by atoms with van der Waals surface area (Å²) < 4.78 is 0. The molecule has 1 fully saturated rings. The number of aliphatic hydroxyl groups is 1. The van der Waals surface area contributed by atoms with Gasteiger partial charge in [0.25, 0.3) is 5.91 Å². The Bertz CT molecular complexity index is 744. The summed E-state index contributed by atoms with van der Waals surface area (Å²) in [4.78, 5) is 22.5. The topological polar surface area (TPSA) is 69.2 Å². The lowest BCUT2D eigenvalue weighted by Gasteiger charge is -2.36.